The van der Waals surface area contributed by atoms with Crippen LogP contribution in [0.3, 0.4) is 0 Å². The van der Waals surface area contributed by atoms with Gasteiger partial charge in [-0.05, 0) is 46.3 Å². The summed E-state index contributed by atoms with van der Waals surface area (Å²) < 4.78 is 1.99. The fourth-order valence-electron chi connectivity index (χ4n) is 2.63. The Bertz CT molecular complexity index is 402. The van der Waals surface area contributed by atoms with Gasteiger partial charge in [0.1, 0.15) is 0 Å². The van der Waals surface area contributed by atoms with Crippen molar-refractivity contribution in [3.05, 3.63) is 16.4 Å². The van der Waals surface area contributed by atoms with E-state index in [2.05, 4.69) is 29.3 Å². The third-order valence-electron chi connectivity index (χ3n) is 3.67. The second-order valence-electron chi connectivity index (χ2n) is 5.21. The summed E-state index contributed by atoms with van der Waals surface area (Å²) in [5, 5.41) is 8.76. The molecule has 0 radical (unpaired) electrons. The Morgan fingerprint density at radius 3 is 2.89 bits per heavy atom. The summed E-state index contributed by atoms with van der Waals surface area (Å²) in [5.41, 5.74) is 2.04. The van der Waals surface area contributed by atoms with Gasteiger partial charge in [-0.15, -0.1) is 0 Å². The van der Waals surface area contributed by atoms with Crippen molar-refractivity contribution < 1.29 is 0 Å². The number of aromatic nitrogens is 2. The Balaban J connectivity index is 1.86. The number of hydrogen-bond acceptors (Lipinski definition) is 3. The molecule has 1 N–H and O–H groups in total. The summed E-state index contributed by atoms with van der Waals surface area (Å²) in [4.78, 5) is 2.39. The van der Waals surface area contributed by atoms with E-state index < -0.39 is 0 Å². The minimum Gasteiger partial charge on any atom is -0.311 e. The van der Waals surface area contributed by atoms with E-state index in [0.717, 1.165) is 42.0 Å². The van der Waals surface area contributed by atoms with Gasteiger partial charge < -0.3 is 10.2 Å². The maximum atomic E-state index is 6.28. The number of likely N-dealkylation sites (tertiary alicyclic amines) is 1. The first kappa shape index (κ1) is 13.8. The topological polar surface area (TPSA) is 33.1 Å². The molecule has 5 heteroatoms. The molecule has 2 heterocycles. The Kier molecular flexibility index (Phi) is 4.65. The highest BCUT2D eigenvalue weighted by Crippen LogP contribution is 2.20. The Morgan fingerprint density at radius 1 is 1.50 bits per heavy atom. The monoisotopic (exact) mass is 270 g/mol. The largest absolute Gasteiger partial charge is 0.311 e. The highest BCUT2D eigenvalue weighted by Gasteiger charge is 2.19. The van der Waals surface area contributed by atoms with Crippen LogP contribution in [0.2, 0.25) is 5.02 Å². The van der Waals surface area contributed by atoms with Gasteiger partial charge in [-0.3, -0.25) is 4.68 Å². The van der Waals surface area contributed by atoms with Crippen LogP contribution in [0.1, 0.15) is 24.7 Å². The van der Waals surface area contributed by atoms with E-state index in [-0.39, 0.29) is 0 Å². The fourth-order valence-corrected chi connectivity index (χ4v) is 2.83. The van der Waals surface area contributed by atoms with Crippen molar-refractivity contribution in [3.63, 3.8) is 0 Å². The molecule has 1 aliphatic heterocycles. The molecule has 1 aromatic heterocycles. The van der Waals surface area contributed by atoms with Crippen molar-refractivity contribution >= 4 is 11.6 Å². The molecule has 1 saturated heterocycles. The van der Waals surface area contributed by atoms with E-state index in [0.29, 0.717) is 0 Å². The van der Waals surface area contributed by atoms with Crippen LogP contribution < -0.4 is 5.32 Å². The Morgan fingerprint density at radius 2 is 2.28 bits per heavy atom. The predicted octanol–water partition coefficient (Wildman–Crippen LogP) is 1.91. The lowest BCUT2D eigenvalue weighted by Crippen LogP contribution is -2.25. The molecule has 0 spiro atoms. The SMILES string of the molecule is CCn1nc(C)c(Cl)c1CNCC1CCN(C)C1. The van der Waals surface area contributed by atoms with Crippen molar-refractivity contribution in [2.45, 2.75) is 33.4 Å². The molecule has 0 bridgehead atoms. The van der Waals surface area contributed by atoms with Crippen molar-refractivity contribution in [3.8, 4) is 0 Å². The normalized spacial score (nSPS) is 20.8. The van der Waals surface area contributed by atoms with Gasteiger partial charge in [0, 0.05) is 19.6 Å². The maximum Gasteiger partial charge on any atom is 0.0860 e. The van der Waals surface area contributed by atoms with Gasteiger partial charge in [-0.25, -0.2) is 0 Å². The van der Waals surface area contributed by atoms with Gasteiger partial charge in [0.2, 0.25) is 0 Å². The molecular formula is C13H23ClN4. The van der Waals surface area contributed by atoms with Crippen LogP contribution in [0, 0.1) is 12.8 Å². The molecule has 0 aromatic carbocycles. The van der Waals surface area contributed by atoms with E-state index in [1.165, 1.54) is 19.5 Å². The first-order valence-electron chi connectivity index (χ1n) is 6.72. The van der Waals surface area contributed by atoms with E-state index in [1.807, 2.05) is 11.6 Å². The van der Waals surface area contributed by atoms with Crippen LogP contribution in [-0.2, 0) is 13.1 Å². The average Bonchev–Trinajstić information content (AvgIpc) is 2.87. The summed E-state index contributed by atoms with van der Waals surface area (Å²) in [6, 6.07) is 0. The van der Waals surface area contributed by atoms with Crippen LogP contribution in [0.5, 0.6) is 0 Å². The molecule has 0 amide bonds. The van der Waals surface area contributed by atoms with E-state index in [1.54, 1.807) is 0 Å². The second-order valence-corrected chi connectivity index (χ2v) is 5.59. The molecule has 1 aromatic rings. The fraction of sp³-hybridized carbons (Fsp3) is 0.769. The van der Waals surface area contributed by atoms with Crippen LogP contribution in [-0.4, -0.2) is 41.4 Å². The van der Waals surface area contributed by atoms with Crippen molar-refractivity contribution in [2.24, 2.45) is 5.92 Å². The summed E-state index contributed by atoms with van der Waals surface area (Å²) in [7, 11) is 2.19. The molecule has 2 rings (SSSR count). The average molecular weight is 271 g/mol. The smallest absolute Gasteiger partial charge is 0.0860 e. The third-order valence-corrected chi connectivity index (χ3v) is 4.16. The minimum absolute atomic E-state index is 0.771. The minimum atomic E-state index is 0.771. The van der Waals surface area contributed by atoms with E-state index in [9.17, 15) is 0 Å². The second kappa shape index (κ2) is 6.04. The van der Waals surface area contributed by atoms with Crippen molar-refractivity contribution in [1.82, 2.24) is 20.0 Å². The van der Waals surface area contributed by atoms with Gasteiger partial charge in [-0.2, -0.15) is 5.10 Å². The summed E-state index contributed by atoms with van der Waals surface area (Å²) in [5.74, 6) is 0.771. The molecule has 1 aliphatic rings. The molecule has 102 valence electrons. The van der Waals surface area contributed by atoms with Gasteiger partial charge in [-0.1, -0.05) is 11.6 Å². The van der Waals surface area contributed by atoms with Crippen LogP contribution in [0.15, 0.2) is 0 Å². The molecule has 1 unspecified atom stereocenters. The first-order chi connectivity index (χ1) is 8.61. The lowest BCUT2D eigenvalue weighted by atomic mass is 10.1. The van der Waals surface area contributed by atoms with Gasteiger partial charge in [0.25, 0.3) is 0 Å². The zero-order valence-electron chi connectivity index (χ0n) is 11.5. The van der Waals surface area contributed by atoms with Crippen molar-refractivity contribution in [1.29, 1.82) is 0 Å². The number of nitrogens with zero attached hydrogens (tertiary/aromatic N) is 3. The molecule has 18 heavy (non-hydrogen) atoms. The number of aryl methyl sites for hydroxylation is 2. The lowest BCUT2D eigenvalue weighted by Gasteiger charge is -2.12. The molecule has 0 saturated carbocycles. The molecule has 1 atom stereocenters. The van der Waals surface area contributed by atoms with Gasteiger partial charge in [0.05, 0.1) is 16.4 Å². The zero-order valence-corrected chi connectivity index (χ0v) is 12.3. The van der Waals surface area contributed by atoms with Crippen molar-refractivity contribution in [2.75, 3.05) is 26.7 Å². The highest BCUT2D eigenvalue weighted by atomic mass is 35.5. The summed E-state index contributed by atoms with van der Waals surface area (Å²) in [6.45, 7) is 9.23. The van der Waals surface area contributed by atoms with Gasteiger partial charge >= 0.3 is 0 Å². The predicted molar refractivity (Wildman–Crippen MR) is 75.0 cm³/mol. The summed E-state index contributed by atoms with van der Waals surface area (Å²) in [6.07, 6.45) is 1.29. The Hall–Kier alpha value is -0.580. The third kappa shape index (κ3) is 3.05. The highest BCUT2D eigenvalue weighted by molar-refractivity contribution is 6.31. The standard InChI is InChI=1S/C13H23ClN4/c1-4-18-12(13(14)10(2)16-18)8-15-7-11-5-6-17(3)9-11/h11,15H,4-9H2,1-3H3. The number of nitrogens with one attached hydrogen (secondary N) is 1. The quantitative estimate of drug-likeness (QED) is 0.887. The zero-order chi connectivity index (χ0) is 13.1. The summed E-state index contributed by atoms with van der Waals surface area (Å²) >= 11 is 6.28. The lowest BCUT2D eigenvalue weighted by molar-refractivity contribution is 0.387. The number of halogens is 1. The Labute approximate surface area is 114 Å². The van der Waals surface area contributed by atoms with Crippen LogP contribution in [0.4, 0.5) is 0 Å². The number of rotatable bonds is 5. The molecule has 1 fully saturated rings. The molecular weight excluding hydrogens is 248 g/mol. The van der Waals surface area contributed by atoms with Crippen LogP contribution >= 0.6 is 11.6 Å². The first-order valence-corrected chi connectivity index (χ1v) is 7.10. The van der Waals surface area contributed by atoms with E-state index in [4.69, 9.17) is 11.6 Å². The maximum absolute atomic E-state index is 6.28. The molecule has 0 aliphatic carbocycles. The van der Waals surface area contributed by atoms with E-state index >= 15 is 0 Å². The number of hydrogen-bond donors (Lipinski definition) is 1. The van der Waals surface area contributed by atoms with Crippen LogP contribution in [0.25, 0.3) is 0 Å². The molecule has 4 nitrogen and oxygen atoms in total. The van der Waals surface area contributed by atoms with Gasteiger partial charge in [0.15, 0.2) is 0 Å².